The third-order valence-corrected chi connectivity index (χ3v) is 3.96. The molecule has 22 heavy (non-hydrogen) atoms. The summed E-state index contributed by atoms with van der Waals surface area (Å²) >= 11 is 3.52. The highest BCUT2D eigenvalue weighted by Crippen LogP contribution is 2.29. The van der Waals surface area contributed by atoms with Gasteiger partial charge < -0.3 is 10.1 Å². The summed E-state index contributed by atoms with van der Waals surface area (Å²) in [5.41, 5.74) is 2.30. The van der Waals surface area contributed by atoms with Crippen LogP contribution in [-0.2, 0) is 4.74 Å². The maximum Gasteiger partial charge on any atom is 0.416 e. The first-order valence-electron chi connectivity index (χ1n) is 6.85. The van der Waals surface area contributed by atoms with Crippen molar-refractivity contribution in [1.29, 1.82) is 0 Å². The van der Waals surface area contributed by atoms with E-state index in [9.17, 15) is 4.79 Å². The number of nitrogens with one attached hydrogen (secondary N) is 1. The number of guanidine groups is 1. The topological polar surface area (TPSA) is 79.7 Å². The van der Waals surface area contributed by atoms with Crippen LogP contribution in [0.2, 0.25) is 0 Å². The molecule has 1 aromatic heterocycles. The monoisotopic (exact) mass is 363 g/mol. The lowest BCUT2D eigenvalue weighted by atomic mass is 10.2. The Morgan fingerprint density at radius 3 is 3.05 bits per heavy atom. The number of amides is 1. The third kappa shape index (κ3) is 2.74. The van der Waals surface area contributed by atoms with Crippen LogP contribution in [0.4, 0.5) is 10.5 Å². The van der Waals surface area contributed by atoms with E-state index in [0.29, 0.717) is 25.7 Å². The Bertz CT molecular complexity index is 749. The first-order valence-corrected chi connectivity index (χ1v) is 7.65. The van der Waals surface area contributed by atoms with Gasteiger partial charge in [0.2, 0.25) is 5.96 Å². The maximum absolute atomic E-state index is 11.9. The van der Waals surface area contributed by atoms with E-state index in [2.05, 4.69) is 36.2 Å². The van der Waals surface area contributed by atoms with E-state index >= 15 is 0 Å². The number of rotatable bonds is 2. The summed E-state index contributed by atoms with van der Waals surface area (Å²) in [6.07, 6.45) is 2.88. The van der Waals surface area contributed by atoms with Crippen LogP contribution < -0.4 is 5.32 Å². The molecular weight excluding hydrogens is 350 g/mol. The van der Waals surface area contributed by atoms with Gasteiger partial charge in [-0.25, -0.2) is 9.69 Å². The second-order valence-electron chi connectivity index (χ2n) is 4.53. The van der Waals surface area contributed by atoms with Crippen LogP contribution in [0.3, 0.4) is 0 Å². The number of anilines is 1. The predicted octanol–water partition coefficient (Wildman–Crippen LogP) is 2.63. The number of carbonyl (C=O) groups is 1. The molecule has 2 aromatic rings. The number of hydrogen-bond donors (Lipinski definition) is 1. The van der Waals surface area contributed by atoms with Gasteiger partial charge in [0.25, 0.3) is 0 Å². The molecule has 2 heterocycles. The van der Waals surface area contributed by atoms with Gasteiger partial charge in [-0.1, -0.05) is 0 Å². The molecule has 0 fully saturated rings. The van der Waals surface area contributed by atoms with Crippen molar-refractivity contribution in [3.8, 4) is 0 Å². The molecule has 0 saturated carbocycles. The minimum atomic E-state index is -0.400. The van der Waals surface area contributed by atoms with E-state index in [4.69, 9.17) is 4.74 Å². The number of nitrogens with zero attached hydrogens (tertiary/aromatic N) is 4. The number of halogens is 1. The van der Waals surface area contributed by atoms with Gasteiger partial charge in [-0.2, -0.15) is 0 Å². The van der Waals surface area contributed by atoms with Crippen molar-refractivity contribution in [2.45, 2.75) is 6.92 Å². The van der Waals surface area contributed by atoms with Gasteiger partial charge in [0.15, 0.2) is 0 Å². The molecule has 1 aliphatic rings. The molecule has 0 unspecified atom stereocenters. The molecule has 114 valence electrons. The van der Waals surface area contributed by atoms with E-state index in [-0.39, 0.29) is 0 Å². The van der Waals surface area contributed by atoms with E-state index in [1.54, 1.807) is 19.3 Å². The van der Waals surface area contributed by atoms with E-state index < -0.39 is 6.09 Å². The number of aliphatic imine (C=N–C) groups is 1. The van der Waals surface area contributed by atoms with Crippen LogP contribution in [0.15, 0.2) is 34.0 Å². The van der Waals surface area contributed by atoms with E-state index in [1.165, 1.54) is 4.90 Å². The zero-order valence-electron chi connectivity index (χ0n) is 11.9. The number of aromatic nitrogens is 2. The Kier molecular flexibility index (Phi) is 4.19. The Hall–Kier alpha value is -2.22. The van der Waals surface area contributed by atoms with Crippen molar-refractivity contribution >= 4 is 44.7 Å². The largest absolute Gasteiger partial charge is 0.449 e. The smallest absolute Gasteiger partial charge is 0.416 e. The quantitative estimate of drug-likeness (QED) is 0.886. The number of fused-ring (bicyclic) bond motifs is 1. The van der Waals surface area contributed by atoms with Gasteiger partial charge in [0.1, 0.15) is 5.52 Å². The molecule has 7 nitrogen and oxygen atoms in total. The zero-order valence-corrected chi connectivity index (χ0v) is 13.5. The summed E-state index contributed by atoms with van der Waals surface area (Å²) in [6, 6.07) is 3.73. The van der Waals surface area contributed by atoms with Gasteiger partial charge in [-0.15, -0.1) is 0 Å². The lowest BCUT2D eigenvalue weighted by Gasteiger charge is -2.19. The second-order valence-corrected chi connectivity index (χ2v) is 5.33. The molecule has 1 amide bonds. The fourth-order valence-corrected chi connectivity index (χ4v) is 2.69. The molecule has 1 aliphatic heterocycles. The molecule has 1 aromatic carbocycles. The first kappa shape index (κ1) is 14.7. The van der Waals surface area contributed by atoms with E-state index in [0.717, 1.165) is 21.2 Å². The zero-order chi connectivity index (χ0) is 15.5. The highest BCUT2D eigenvalue weighted by molar-refractivity contribution is 9.10. The fraction of sp³-hybridized carbons (Fsp3) is 0.286. The van der Waals surface area contributed by atoms with E-state index in [1.807, 2.05) is 12.1 Å². The van der Waals surface area contributed by atoms with Crippen molar-refractivity contribution in [3.05, 3.63) is 29.0 Å². The summed E-state index contributed by atoms with van der Waals surface area (Å²) in [7, 11) is 0. The number of carbonyl (C=O) groups excluding carboxylic acids is 1. The first-order chi connectivity index (χ1) is 10.7. The van der Waals surface area contributed by atoms with Gasteiger partial charge in [0, 0.05) is 12.4 Å². The SMILES string of the molecule is CCOC(=O)N1CCN=C1Nc1ccc2nccnc2c1Br. The van der Waals surface area contributed by atoms with Gasteiger partial charge in [-0.05, 0) is 35.0 Å². The molecule has 0 radical (unpaired) electrons. The van der Waals surface area contributed by atoms with Crippen LogP contribution in [0.25, 0.3) is 11.0 Å². The van der Waals surface area contributed by atoms with Crippen molar-refractivity contribution in [3.63, 3.8) is 0 Å². The van der Waals surface area contributed by atoms with Gasteiger partial charge >= 0.3 is 6.09 Å². The highest BCUT2D eigenvalue weighted by Gasteiger charge is 2.25. The number of hydrogen-bond acceptors (Lipinski definition) is 6. The average Bonchev–Trinajstić information content (AvgIpc) is 2.99. The summed E-state index contributed by atoms with van der Waals surface area (Å²) in [5.74, 6) is 0.474. The van der Waals surface area contributed by atoms with Crippen LogP contribution in [-0.4, -0.2) is 46.6 Å². The fourth-order valence-electron chi connectivity index (χ4n) is 2.15. The third-order valence-electron chi connectivity index (χ3n) is 3.15. The standard InChI is InChI=1S/C14H14BrN5O2/c1-2-22-14(21)20-8-7-18-13(20)19-9-3-4-10-12(11(9)15)17-6-5-16-10/h3-6H,2,7-8H2,1H3,(H,18,19). The molecule has 0 saturated heterocycles. The summed E-state index contributed by atoms with van der Waals surface area (Å²) in [4.78, 5) is 26.2. The Morgan fingerprint density at radius 2 is 2.23 bits per heavy atom. The molecule has 0 spiro atoms. The average molecular weight is 364 g/mol. The van der Waals surface area contributed by atoms with Crippen molar-refractivity contribution in [2.24, 2.45) is 4.99 Å². The molecule has 0 aliphatic carbocycles. The lowest BCUT2D eigenvalue weighted by Crippen LogP contribution is -2.38. The Balaban J connectivity index is 1.87. The van der Waals surface area contributed by atoms with Gasteiger partial charge in [-0.3, -0.25) is 15.0 Å². The Labute approximate surface area is 135 Å². The second kappa shape index (κ2) is 6.27. The molecular formula is C14H14BrN5O2. The Morgan fingerprint density at radius 1 is 1.41 bits per heavy atom. The van der Waals surface area contributed by atoms with Crippen molar-refractivity contribution in [2.75, 3.05) is 25.0 Å². The summed E-state index contributed by atoms with van der Waals surface area (Å²) < 4.78 is 5.80. The molecule has 3 rings (SSSR count). The highest BCUT2D eigenvalue weighted by atomic mass is 79.9. The summed E-state index contributed by atoms with van der Waals surface area (Å²) in [5, 5.41) is 3.15. The van der Waals surface area contributed by atoms with Crippen LogP contribution in [0.1, 0.15) is 6.92 Å². The van der Waals surface area contributed by atoms with Crippen LogP contribution >= 0.6 is 15.9 Å². The minimum absolute atomic E-state index is 0.331. The maximum atomic E-state index is 11.9. The molecule has 1 N–H and O–H groups in total. The van der Waals surface area contributed by atoms with Crippen molar-refractivity contribution in [1.82, 2.24) is 14.9 Å². The molecule has 0 atom stereocenters. The number of benzene rings is 1. The molecule has 0 bridgehead atoms. The predicted molar refractivity (Wildman–Crippen MR) is 86.9 cm³/mol. The molecule has 8 heteroatoms. The number of ether oxygens (including phenoxy) is 1. The van der Waals surface area contributed by atoms with Crippen molar-refractivity contribution < 1.29 is 9.53 Å². The van der Waals surface area contributed by atoms with Gasteiger partial charge in [0.05, 0.1) is 35.4 Å². The van der Waals surface area contributed by atoms with Crippen LogP contribution in [0.5, 0.6) is 0 Å². The van der Waals surface area contributed by atoms with Crippen LogP contribution in [0, 0.1) is 0 Å². The summed E-state index contributed by atoms with van der Waals surface area (Å²) in [6.45, 7) is 3.16. The lowest BCUT2D eigenvalue weighted by molar-refractivity contribution is 0.130. The normalized spacial score (nSPS) is 14.1. The minimum Gasteiger partial charge on any atom is -0.449 e.